The van der Waals surface area contributed by atoms with Gasteiger partial charge in [-0.05, 0) is 18.6 Å². The minimum Gasteiger partial charge on any atom is -0.409 e. The summed E-state index contributed by atoms with van der Waals surface area (Å²) in [6.45, 7) is 1.98. The molecule has 1 atom stereocenters. The number of hydrogen-bond acceptors (Lipinski definition) is 4. The number of hydrogen-bond donors (Lipinski definition) is 3. The lowest BCUT2D eigenvalue weighted by atomic mass is 10.3. The molecule has 0 aliphatic carbocycles. The maximum absolute atomic E-state index is 8.67. The number of aromatic amines is 1. The zero-order valence-corrected chi connectivity index (χ0v) is 10.2. The molecule has 1 heterocycles. The van der Waals surface area contributed by atoms with Gasteiger partial charge in [0.2, 0.25) is 0 Å². The number of benzene rings is 1. The second-order valence-corrected chi connectivity index (χ2v) is 4.79. The first kappa shape index (κ1) is 11.8. The van der Waals surface area contributed by atoms with Crippen LogP contribution in [0.1, 0.15) is 13.3 Å². The summed E-state index contributed by atoms with van der Waals surface area (Å²) in [4.78, 5) is 7.63. The second-order valence-electron chi connectivity index (χ2n) is 3.60. The van der Waals surface area contributed by atoms with Gasteiger partial charge in [0.15, 0.2) is 11.0 Å². The van der Waals surface area contributed by atoms with Crippen molar-refractivity contribution in [1.82, 2.24) is 9.97 Å². The van der Waals surface area contributed by atoms with Crippen LogP contribution in [0.3, 0.4) is 0 Å². The number of H-pyrrole nitrogens is 1. The first-order valence-electron chi connectivity index (χ1n) is 5.33. The van der Waals surface area contributed by atoms with E-state index in [9.17, 15) is 0 Å². The summed E-state index contributed by atoms with van der Waals surface area (Å²) >= 11 is 1.46. The normalized spacial score (nSPS) is 14.1. The molecule has 0 saturated heterocycles. The van der Waals surface area contributed by atoms with Crippen molar-refractivity contribution in [1.29, 1.82) is 0 Å². The van der Waals surface area contributed by atoms with Crippen LogP contribution >= 0.6 is 11.8 Å². The number of nitrogens with one attached hydrogen (secondary N) is 1. The molecule has 2 rings (SSSR count). The van der Waals surface area contributed by atoms with Gasteiger partial charge < -0.3 is 15.9 Å². The molecule has 0 amide bonds. The number of imidazole rings is 1. The van der Waals surface area contributed by atoms with Gasteiger partial charge in [-0.1, -0.05) is 36.0 Å². The lowest BCUT2D eigenvalue weighted by molar-refractivity contribution is 0.317. The number of oxime groups is 1. The summed E-state index contributed by atoms with van der Waals surface area (Å²) in [5.74, 6) is 0.220. The van der Waals surface area contributed by atoms with Gasteiger partial charge in [-0.15, -0.1) is 0 Å². The van der Waals surface area contributed by atoms with E-state index >= 15 is 0 Å². The second kappa shape index (κ2) is 5.09. The van der Waals surface area contributed by atoms with E-state index in [0.717, 1.165) is 22.6 Å². The topological polar surface area (TPSA) is 87.3 Å². The fourth-order valence-corrected chi connectivity index (χ4v) is 2.46. The minimum absolute atomic E-state index is 0.0689. The highest BCUT2D eigenvalue weighted by atomic mass is 32.2. The first-order valence-corrected chi connectivity index (χ1v) is 6.21. The number of thioether (sulfide) groups is 1. The molecule has 0 saturated carbocycles. The monoisotopic (exact) mass is 250 g/mol. The minimum atomic E-state index is -0.0689. The average Bonchev–Trinajstić information content (AvgIpc) is 2.77. The van der Waals surface area contributed by atoms with Gasteiger partial charge in [0.1, 0.15) is 0 Å². The Morgan fingerprint density at radius 1 is 1.59 bits per heavy atom. The van der Waals surface area contributed by atoms with Gasteiger partial charge >= 0.3 is 0 Å². The standard InChI is InChI=1S/C11H14N4OS/c1-2-9(10(12)15-16)17-11-13-7-5-3-4-6-8(7)14-11/h3-6,9,16H,2H2,1H3,(H2,12,15)(H,13,14). The Morgan fingerprint density at radius 3 is 3.00 bits per heavy atom. The smallest absolute Gasteiger partial charge is 0.167 e. The fourth-order valence-electron chi connectivity index (χ4n) is 1.54. The molecule has 4 N–H and O–H groups in total. The van der Waals surface area contributed by atoms with Crippen molar-refractivity contribution in [3.05, 3.63) is 24.3 Å². The predicted octanol–water partition coefficient (Wildman–Crippen LogP) is 2.18. The highest BCUT2D eigenvalue weighted by Gasteiger charge is 2.15. The van der Waals surface area contributed by atoms with Crippen molar-refractivity contribution < 1.29 is 5.21 Å². The van der Waals surface area contributed by atoms with Crippen molar-refractivity contribution in [3.63, 3.8) is 0 Å². The predicted molar refractivity (Wildman–Crippen MR) is 69.4 cm³/mol. The third kappa shape index (κ3) is 2.52. The third-order valence-electron chi connectivity index (χ3n) is 2.44. The largest absolute Gasteiger partial charge is 0.409 e. The summed E-state index contributed by atoms with van der Waals surface area (Å²) < 4.78 is 0. The number of nitrogens with zero attached hydrogens (tertiary/aromatic N) is 2. The SMILES string of the molecule is CCC(Sc1nc2ccccc2[nH]1)C(N)=NO. The maximum Gasteiger partial charge on any atom is 0.167 e. The molecule has 0 radical (unpaired) electrons. The van der Waals surface area contributed by atoms with Crippen LogP contribution in [0, 0.1) is 0 Å². The van der Waals surface area contributed by atoms with E-state index in [1.807, 2.05) is 31.2 Å². The molecular formula is C11H14N4OS. The Hall–Kier alpha value is -1.69. The molecule has 5 nitrogen and oxygen atoms in total. The summed E-state index contributed by atoms with van der Waals surface area (Å²) in [5.41, 5.74) is 7.52. The fraction of sp³-hybridized carbons (Fsp3) is 0.273. The summed E-state index contributed by atoms with van der Waals surface area (Å²) in [6.07, 6.45) is 0.775. The molecule has 0 aliphatic heterocycles. The molecule has 0 aliphatic rings. The van der Waals surface area contributed by atoms with Gasteiger partial charge in [-0.25, -0.2) is 4.98 Å². The van der Waals surface area contributed by atoms with E-state index in [4.69, 9.17) is 10.9 Å². The van der Waals surface area contributed by atoms with Gasteiger partial charge in [0, 0.05) is 0 Å². The zero-order valence-electron chi connectivity index (χ0n) is 9.42. The lowest BCUT2D eigenvalue weighted by Crippen LogP contribution is -2.25. The number of nitrogens with two attached hydrogens (primary N) is 1. The summed E-state index contributed by atoms with van der Waals surface area (Å²) in [6, 6.07) is 7.81. The zero-order chi connectivity index (χ0) is 12.3. The molecule has 17 heavy (non-hydrogen) atoms. The van der Waals surface area contributed by atoms with Crippen molar-refractivity contribution >= 4 is 28.6 Å². The lowest BCUT2D eigenvalue weighted by Gasteiger charge is -2.09. The molecule has 0 bridgehead atoms. The first-order chi connectivity index (χ1) is 8.24. The number of para-hydroxylation sites is 2. The van der Waals surface area contributed by atoms with Gasteiger partial charge in [0.05, 0.1) is 16.3 Å². The Morgan fingerprint density at radius 2 is 2.35 bits per heavy atom. The van der Waals surface area contributed by atoms with E-state index in [1.165, 1.54) is 11.8 Å². The Bertz CT molecular complexity index is 504. The van der Waals surface area contributed by atoms with Gasteiger partial charge in [-0.3, -0.25) is 0 Å². The van der Waals surface area contributed by atoms with Crippen LogP contribution in [0.5, 0.6) is 0 Å². The van der Waals surface area contributed by atoms with Crippen LogP contribution < -0.4 is 5.73 Å². The van der Waals surface area contributed by atoms with E-state index in [2.05, 4.69) is 15.1 Å². The van der Waals surface area contributed by atoms with Crippen molar-refractivity contribution in [3.8, 4) is 0 Å². The van der Waals surface area contributed by atoms with Crippen LogP contribution in [-0.2, 0) is 0 Å². The molecule has 90 valence electrons. The van der Waals surface area contributed by atoms with E-state index in [1.54, 1.807) is 0 Å². The molecule has 0 spiro atoms. The Labute approximate surface area is 103 Å². The Balaban J connectivity index is 2.22. The number of amidine groups is 1. The number of aromatic nitrogens is 2. The quantitative estimate of drug-likeness (QED) is 0.255. The highest BCUT2D eigenvalue weighted by molar-refractivity contribution is 8.00. The maximum atomic E-state index is 8.67. The number of fused-ring (bicyclic) bond motifs is 1. The molecule has 2 aromatic rings. The van der Waals surface area contributed by atoms with Crippen LogP contribution in [0.4, 0.5) is 0 Å². The van der Waals surface area contributed by atoms with Crippen LogP contribution in [0.2, 0.25) is 0 Å². The summed E-state index contributed by atoms with van der Waals surface area (Å²) in [7, 11) is 0. The van der Waals surface area contributed by atoms with E-state index < -0.39 is 0 Å². The molecular weight excluding hydrogens is 236 g/mol. The van der Waals surface area contributed by atoms with Crippen LogP contribution in [0.15, 0.2) is 34.6 Å². The molecule has 1 aromatic heterocycles. The van der Waals surface area contributed by atoms with Crippen LogP contribution in [-0.4, -0.2) is 26.3 Å². The van der Waals surface area contributed by atoms with Crippen molar-refractivity contribution in [2.24, 2.45) is 10.9 Å². The summed E-state index contributed by atoms with van der Waals surface area (Å²) in [5, 5.41) is 12.4. The van der Waals surface area contributed by atoms with Crippen molar-refractivity contribution in [2.75, 3.05) is 0 Å². The average molecular weight is 250 g/mol. The third-order valence-corrected chi connectivity index (χ3v) is 3.71. The van der Waals surface area contributed by atoms with Gasteiger partial charge in [0.25, 0.3) is 0 Å². The molecule has 0 fully saturated rings. The highest BCUT2D eigenvalue weighted by Crippen LogP contribution is 2.25. The Kier molecular flexibility index (Phi) is 3.53. The number of rotatable bonds is 4. The molecule has 6 heteroatoms. The van der Waals surface area contributed by atoms with Gasteiger partial charge in [-0.2, -0.15) is 0 Å². The van der Waals surface area contributed by atoms with E-state index in [0.29, 0.717) is 0 Å². The molecule has 1 aromatic carbocycles. The van der Waals surface area contributed by atoms with Crippen molar-refractivity contribution in [2.45, 2.75) is 23.8 Å². The van der Waals surface area contributed by atoms with Crippen LogP contribution in [0.25, 0.3) is 11.0 Å². The molecule has 1 unspecified atom stereocenters. The van der Waals surface area contributed by atoms with E-state index in [-0.39, 0.29) is 11.1 Å².